The topological polar surface area (TPSA) is 147 Å². The number of carbonyl (C=O) groups is 2. The van der Waals surface area contributed by atoms with Gasteiger partial charge in [-0.05, 0) is 87.7 Å². The largest absolute Gasteiger partial charge is 0.497 e. The fourth-order valence-electron chi connectivity index (χ4n) is 5.56. The summed E-state index contributed by atoms with van der Waals surface area (Å²) in [6.45, 7) is 5.87. The van der Waals surface area contributed by atoms with Gasteiger partial charge in [-0.15, -0.1) is 0 Å². The first-order valence-electron chi connectivity index (χ1n) is 16.5. The summed E-state index contributed by atoms with van der Waals surface area (Å²) in [7, 11) is -0.827. The van der Waals surface area contributed by atoms with E-state index in [0.29, 0.717) is 35.9 Å². The molecule has 49 heavy (non-hydrogen) atoms. The van der Waals surface area contributed by atoms with Crippen LogP contribution < -0.4 is 20.1 Å². The van der Waals surface area contributed by atoms with Crippen molar-refractivity contribution in [3.63, 3.8) is 0 Å². The Balaban J connectivity index is 1.62. The summed E-state index contributed by atoms with van der Waals surface area (Å²) in [5.41, 5.74) is 1.22. The number of fused-ring (bicyclic) bond motifs is 1. The first-order valence-corrected chi connectivity index (χ1v) is 17.9. The smallest absolute Gasteiger partial charge is 0.323 e. The van der Waals surface area contributed by atoms with Gasteiger partial charge in [-0.25, -0.2) is 13.2 Å². The molecule has 0 saturated carbocycles. The van der Waals surface area contributed by atoms with Crippen molar-refractivity contribution in [3.05, 3.63) is 78.4 Å². The Bertz CT molecular complexity index is 1640. The molecule has 13 heteroatoms. The fraction of sp³-hybridized carbons (Fsp3) is 0.444. The Hall–Kier alpha value is -4.17. The highest BCUT2D eigenvalue weighted by Gasteiger charge is 2.32. The van der Waals surface area contributed by atoms with E-state index in [2.05, 4.69) is 10.6 Å². The molecule has 4 rings (SSSR count). The molecule has 0 spiro atoms. The van der Waals surface area contributed by atoms with Gasteiger partial charge >= 0.3 is 6.03 Å². The third-order valence-corrected chi connectivity index (χ3v) is 10.4. The lowest BCUT2D eigenvalue weighted by Gasteiger charge is -2.35. The number of rotatable bonds is 9. The molecule has 3 aromatic rings. The maximum Gasteiger partial charge on any atom is 0.323 e. The number of amides is 3. The number of benzene rings is 3. The predicted molar refractivity (Wildman–Crippen MR) is 189 cm³/mol. The molecule has 12 nitrogen and oxygen atoms in total. The zero-order chi connectivity index (χ0) is 35.6. The lowest BCUT2D eigenvalue weighted by atomic mass is 10.0. The van der Waals surface area contributed by atoms with Gasteiger partial charge in [0.15, 0.2) is 0 Å². The zero-order valence-electron chi connectivity index (χ0n) is 28.8. The quantitative estimate of drug-likeness (QED) is 0.268. The van der Waals surface area contributed by atoms with Gasteiger partial charge in [0.1, 0.15) is 11.5 Å². The number of ether oxygens (including phenoxy) is 3. The molecule has 1 aliphatic heterocycles. The van der Waals surface area contributed by atoms with Gasteiger partial charge < -0.3 is 34.9 Å². The Morgan fingerprint density at radius 1 is 1.04 bits per heavy atom. The lowest BCUT2D eigenvalue weighted by molar-refractivity contribution is -0.00834. The average Bonchev–Trinajstić information content (AvgIpc) is 3.09. The summed E-state index contributed by atoms with van der Waals surface area (Å²) in [4.78, 5) is 28.8. The van der Waals surface area contributed by atoms with Crippen LogP contribution in [0.5, 0.6) is 11.5 Å². The van der Waals surface area contributed by atoms with Crippen LogP contribution in [-0.4, -0.2) is 93.4 Å². The number of nitrogens with one attached hydrogen (secondary N) is 2. The maximum atomic E-state index is 14.4. The van der Waals surface area contributed by atoms with E-state index in [1.807, 2.05) is 32.0 Å². The predicted octanol–water partition coefficient (Wildman–Crippen LogP) is 5.46. The number of likely N-dealkylation sites (N-methyl/N-ethyl adjacent to an activating group) is 1. The van der Waals surface area contributed by atoms with Crippen LogP contribution in [0, 0.1) is 5.92 Å². The Morgan fingerprint density at radius 2 is 1.73 bits per heavy atom. The normalized spacial score (nSPS) is 20.0. The Labute approximate surface area is 289 Å². The van der Waals surface area contributed by atoms with Crippen molar-refractivity contribution >= 4 is 33.3 Å². The van der Waals surface area contributed by atoms with E-state index in [-0.39, 0.29) is 42.2 Å². The SMILES string of the molecule is COc1ccc(S(=O)(=O)N(C)C[C@@H]2OCCCC[C@@H](C)Oc3ccc(NC(=O)Nc4ccccc4)cc3C(=O)N([C@@H](C)CO)C[C@@H]2C)cc1. The van der Waals surface area contributed by atoms with Crippen molar-refractivity contribution in [2.75, 3.05) is 51.1 Å². The van der Waals surface area contributed by atoms with Gasteiger partial charge in [0.25, 0.3) is 5.91 Å². The number of sulfonamides is 1. The summed E-state index contributed by atoms with van der Waals surface area (Å²) in [6, 6.07) is 19.1. The molecular weight excluding hydrogens is 648 g/mol. The first kappa shape index (κ1) is 37.6. The van der Waals surface area contributed by atoms with E-state index in [1.165, 1.54) is 30.6 Å². The van der Waals surface area contributed by atoms with Crippen LogP contribution in [0.15, 0.2) is 77.7 Å². The molecular formula is C36H48N4O8S. The molecule has 0 unspecified atom stereocenters. The van der Waals surface area contributed by atoms with Crippen LogP contribution in [0.1, 0.15) is 50.4 Å². The molecule has 0 fully saturated rings. The first-order chi connectivity index (χ1) is 23.4. The van der Waals surface area contributed by atoms with Crippen LogP contribution >= 0.6 is 0 Å². The van der Waals surface area contributed by atoms with E-state index in [9.17, 15) is 23.1 Å². The number of methoxy groups -OCH3 is 1. The molecule has 1 heterocycles. The van der Waals surface area contributed by atoms with Crippen molar-refractivity contribution < 1.29 is 37.3 Å². The number of urea groups is 1. The number of nitrogens with zero attached hydrogens (tertiary/aromatic N) is 2. The highest BCUT2D eigenvalue weighted by molar-refractivity contribution is 7.89. The molecule has 3 aromatic carbocycles. The van der Waals surface area contributed by atoms with Crippen LogP contribution in [-0.2, 0) is 14.8 Å². The molecule has 266 valence electrons. The minimum Gasteiger partial charge on any atom is -0.497 e. The molecule has 0 aliphatic carbocycles. The summed E-state index contributed by atoms with van der Waals surface area (Å²) in [5, 5.41) is 15.8. The van der Waals surface area contributed by atoms with Crippen LogP contribution in [0.3, 0.4) is 0 Å². The highest BCUT2D eigenvalue weighted by Crippen LogP contribution is 2.29. The molecule has 3 amide bonds. The lowest BCUT2D eigenvalue weighted by Crippen LogP contribution is -2.48. The number of aliphatic hydroxyl groups is 1. The Kier molecular flexibility index (Phi) is 13.4. The third-order valence-electron chi connectivity index (χ3n) is 8.55. The number of hydrogen-bond donors (Lipinski definition) is 3. The van der Waals surface area contributed by atoms with Crippen molar-refractivity contribution in [2.24, 2.45) is 5.92 Å². The van der Waals surface area contributed by atoms with Gasteiger partial charge in [-0.3, -0.25) is 4.79 Å². The van der Waals surface area contributed by atoms with Crippen LogP contribution in [0.4, 0.5) is 16.2 Å². The fourth-order valence-corrected chi connectivity index (χ4v) is 6.74. The van der Waals surface area contributed by atoms with Gasteiger partial charge in [0.05, 0.1) is 42.4 Å². The molecule has 0 bridgehead atoms. The number of aliphatic hydroxyl groups excluding tert-OH is 1. The molecule has 0 aromatic heterocycles. The van der Waals surface area contributed by atoms with Crippen molar-refractivity contribution in [1.29, 1.82) is 0 Å². The van der Waals surface area contributed by atoms with E-state index in [1.54, 1.807) is 54.3 Å². The van der Waals surface area contributed by atoms with E-state index in [0.717, 1.165) is 12.8 Å². The number of anilines is 2. The molecule has 3 N–H and O–H groups in total. The average molecular weight is 697 g/mol. The second-order valence-electron chi connectivity index (χ2n) is 12.4. The Morgan fingerprint density at radius 3 is 2.41 bits per heavy atom. The number of carbonyl (C=O) groups excluding carboxylic acids is 2. The van der Waals surface area contributed by atoms with E-state index < -0.39 is 34.1 Å². The van der Waals surface area contributed by atoms with E-state index >= 15 is 0 Å². The minimum absolute atomic E-state index is 0.0474. The zero-order valence-corrected chi connectivity index (χ0v) is 29.6. The van der Waals surface area contributed by atoms with Gasteiger partial charge in [0, 0.05) is 44.0 Å². The van der Waals surface area contributed by atoms with Crippen molar-refractivity contribution in [1.82, 2.24) is 9.21 Å². The van der Waals surface area contributed by atoms with E-state index in [4.69, 9.17) is 14.2 Å². The van der Waals surface area contributed by atoms with Gasteiger partial charge in [0.2, 0.25) is 10.0 Å². The van der Waals surface area contributed by atoms with Gasteiger partial charge in [-0.2, -0.15) is 4.31 Å². The summed E-state index contributed by atoms with van der Waals surface area (Å²) in [5.74, 6) is 0.171. The van der Waals surface area contributed by atoms with Crippen molar-refractivity contribution in [2.45, 2.75) is 63.2 Å². The van der Waals surface area contributed by atoms with Gasteiger partial charge in [-0.1, -0.05) is 25.1 Å². The summed E-state index contributed by atoms with van der Waals surface area (Å²) < 4.78 is 46.1. The van der Waals surface area contributed by atoms with Crippen LogP contribution in [0.2, 0.25) is 0 Å². The second-order valence-corrected chi connectivity index (χ2v) is 14.5. The molecule has 0 saturated heterocycles. The highest BCUT2D eigenvalue weighted by atomic mass is 32.2. The maximum absolute atomic E-state index is 14.4. The second kappa shape index (κ2) is 17.5. The minimum atomic E-state index is -3.85. The number of hydrogen-bond acceptors (Lipinski definition) is 8. The molecule has 0 radical (unpaired) electrons. The van der Waals surface area contributed by atoms with Crippen LogP contribution in [0.25, 0.3) is 0 Å². The molecule has 1 aliphatic rings. The summed E-state index contributed by atoms with van der Waals surface area (Å²) in [6.07, 6.45) is 1.42. The summed E-state index contributed by atoms with van der Waals surface area (Å²) >= 11 is 0. The standard InChI is InChI=1S/C36H48N4O8S/c1-25-22-40(26(2)24-41)35(42)32-21-29(38-36(43)37-28-12-7-6-8-13-28)14-19-33(32)48-27(3)11-9-10-20-47-34(25)23-39(4)49(44,45)31-17-15-30(46-5)16-18-31/h6-8,12-19,21,25-27,34,41H,9-11,20,22-24H2,1-5H3,(H2,37,38,43)/t25-,26-,27+,34-/m0/s1. The van der Waals surface area contributed by atoms with Crippen molar-refractivity contribution in [3.8, 4) is 11.5 Å². The third kappa shape index (κ3) is 10.2. The number of para-hydroxylation sites is 1. The monoisotopic (exact) mass is 696 g/mol. The molecule has 4 atom stereocenters.